The van der Waals surface area contributed by atoms with Crippen molar-refractivity contribution >= 4 is 0 Å². The van der Waals surface area contributed by atoms with Crippen LogP contribution in [-0.2, 0) is 0 Å². The normalized spacial score (nSPS) is 14.1. The van der Waals surface area contributed by atoms with Gasteiger partial charge in [0.15, 0.2) is 0 Å². The van der Waals surface area contributed by atoms with Crippen LogP contribution in [0.15, 0.2) is 24.3 Å². The van der Waals surface area contributed by atoms with Gasteiger partial charge in [0.05, 0.1) is 7.11 Å². The second-order valence-corrected chi connectivity index (χ2v) is 5.31. The van der Waals surface area contributed by atoms with Gasteiger partial charge in [0.1, 0.15) is 24.2 Å². The minimum Gasteiger partial charge on any atom is -0.497 e. The summed E-state index contributed by atoms with van der Waals surface area (Å²) in [5.74, 6) is 2.02. The van der Waals surface area contributed by atoms with E-state index in [1.807, 2.05) is 24.3 Å². The number of methoxy groups -OCH3 is 1. The predicted molar refractivity (Wildman–Crippen MR) is 81.4 cm³/mol. The third kappa shape index (κ3) is 5.80. The van der Waals surface area contributed by atoms with Crippen molar-refractivity contribution < 1.29 is 14.6 Å². The van der Waals surface area contributed by atoms with Crippen LogP contribution < -0.4 is 14.8 Å². The molecule has 4 heteroatoms. The molecule has 2 atom stereocenters. The number of aliphatic hydroxyl groups is 1. The molecule has 1 rings (SSSR count). The summed E-state index contributed by atoms with van der Waals surface area (Å²) < 4.78 is 10.7. The molecule has 0 saturated heterocycles. The van der Waals surface area contributed by atoms with Crippen molar-refractivity contribution in [1.82, 2.24) is 5.32 Å². The highest BCUT2D eigenvalue weighted by molar-refractivity contribution is 5.32. The van der Waals surface area contributed by atoms with E-state index in [9.17, 15) is 5.11 Å². The van der Waals surface area contributed by atoms with E-state index >= 15 is 0 Å². The van der Waals surface area contributed by atoms with E-state index in [2.05, 4.69) is 26.1 Å². The number of nitrogens with one attached hydrogen (secondary N) is 1. The highest BCUT2D eigenvalue weighted by Gasteiger charge is 2.13. The first-order chi connectivity index (χ1) is 9.56. The summed E-state index contributed by atoms with van der Waals surface area (Å²) in [6.45, 7) is 7.33. The lowest BCUT2D eigenvalue weighted by Crippen LogP contribution is -2.40. The molecule has 0 aliphatic carbocycles. The van der Waals surface area contributed by atoms with Crippen molar-refractivity contribution in [3.63, 3.8) is 0 Å². The SMILES string of the molecule is CCC(NCC(O)COc1cccc(OC)c1)C(C)C. The largest absolute Gasteiger partial charge is 0.497 e. The number of benzene rings is 1. The van der Waals surface area contributed by atoms with Crippen LogP contribution in [0.2, 0.25) is 0 Å². The van der Waals surface area contributed by atoms with E-state index < -0.39 is 6.10 Å². The zero-order valence-corrected chi connectivity index (χ0v) is 12.9. The molecular formula is C16H27NO3. The average molecular weight is 281 g/mol. The van der Waals surface area contributed by atoms with Gasteiger partial charge in [0.25, 0.3) is 0 Å². The van der Waals surface area contributed by atoms with Gasteiger partial charge in [-0.05, 0) is 24.5 Å². The fraction of sp³-hybridized carbons (Fsp3) is 0.625. The summed E-state index contributed by atoms with van der Waals surface area (Å²) in [5, 5.41) is 13.3. The molecule has 1 aromatic rings. The van der Waals surface area contributed by atoms with Crippen LogP contribution in [-0.4, -0.2) is 37.5 Å². The third-order valence-electron chi connectivity index (χ3n) is 3.34. The van der Waals surface area contributed by atoms with Crippen LogP contribution in [0.5, 0.6) is 11.5 Å². The molecule has 0 spiro atoms. The number of aliphatic hydroxyl groups excluding tert-OH is 1. The lowest BCUT2D eigenvalue weighted by Gasteiger charge is -2.22. The Balaban J connectivity index is 2.33. The summed E-state index contributed by atoms with van der Waals surface area (Å²) in [5.41, 5.74) is 0. The number of hydrogen-bond donors (Lipinski definition) is 2. The fourth-order valence-electron chi connectivity index (χ4n) is 2.08. The molecule has 4 nitrogen and oxygen atoms in total. The molecule has 2 N–H and O–H groups in total. The van der Waals surface area contributed by atoms with Crippen molar-refractivity contribution in [3.05, 3.63) is 24.3 Å². The number of rotatable bonds is 9. The van der Waals surface area contributed by atoms with Crippen molar-refractivity contribution in [2.75, 3.05) is 20.3 Å². The minimum atomic E-state index is -0.519. The zero-order chi connectivity index (χ0) is 15.0. The molecule has 0 aliphatic rings. The van der Waals surface area contributed by atoms with Gasteiger partial charge in [-0.1, -0.05) is 26.8 Å². The minimum absolute atomic E-state index is 0.273. The Kier molecular flexibility index (Phi) is 7.41. The van der Waals surface area contributed by atoms with Gasteiger partial charge in [-0.3, -0.25) is 0 Å². The van der Waals surface area contributed by atoms with Crippen LogP contribution >= 0.6 is 0 Å². The highest BCUT2D eigenvalue weighted by atomic mass is 16.5. The summed E-state index contributed by atoms with van der Waals surface area (Å²) in [7, 11) is 1.62. The molecule has 0 aliphatic heterocycles. The lowest BCUT2D eigenvalue weighted by molar-refractivity contribution is 0.101. The van der Waals surface area contributed by atoms with E-state index in [4.69, 9.17) is 9.47 Å². The molecule has 2 unspecified atom stereocenters. The smallest absolute Gasteiger partial charge is 0.123 e. The molecule has 0 saturated carbocycles. The predicted octanol–water partition coefficient (Wildman–Crippen LogP) is 2.46. The second-order valence-electron chi connectivity index (χ2n) is 5.31. The Morgan fingerprint density at radius 2 is 1.95 bits per heavy atom. The van der Waals surface area contributed by atoms with Crippen molar-refractivity contribution in [2.45, 2.75) is 39.3 Å². The molecule has 20 heavy (non-hydrogen) atoms. The highest BCUT2D eigenvalue weighted by Crippen LogP contribution is 2.18. The van der Waals surface area contributed by atoms with Crippen molar-refractivity contribution in [2.24, 2.45) is 5.92 Å². The van der Waals surface area contributed by atoms with Crippen LogP contribution in [0, 0.1) is 5.92 Å². The maximum absolute atomic E-state index is 9.94. The Morgan fingerprint density at radius 1 is 1.25 bits per heavy atom. The topological polar surface area (TPSA) is 50.7 Å². The van der Waals surface area contributed by atoms with E-state index in [1.165, 1.54) is 0 Å². The second kappa shape index (κ2) is 8.82. The molecule has 114 valence electrons. The zero-order valence-electron chi connectivity index (χ0n) is 12.9. The first-order valence-electron chi connectivity index (χ1n) is 7.25. The Bertz CT molecular complexity index is 382. The van der Waals surface area contributed by atoms with Gasteiger partial charge in [0, 0.05) is 18.7 Å². The molecule has 0 bridgehead atoms. The van der Waals surface area contributed by atoms with Gasteiger partial charge in [0.2, 0.25) is 0 Å². The van der Waals surface area contributed by atoms with Crippen LogP contribution in [0.4, 0.5) is 0 Å². The molecule has 0 radical (unpaired) electrons. The molecule has 0 heterocycles. The van der Waals surface area contributed by atoms with E-state index in [1.54, 1.807) is 7.11 Å². The Morgan fingerprint density at radius 3 is 2.55 bits per heavy atom. The van der Waals surface area contributed by atoms with Gasteiger partial charge < -0.3 is 19.9 Å². The summed E-state index contributed by atoms with van der Waals surface area (Å²) in [4.78, 5) is 0. The van der Waals surface area contributed by atoms with Gasteiger partial charge >= 0.3 is 0 Å². The van der Waals surface area contributed by atoms with E-state index in [0.717, 1.165) is 12.2 Å². The maximum atomic E-state index is 9.94. The maximum Gasteiger partial charge on any atom is 0.123 e. The van der Waals surface area contributed by atoms with E-state index in [0.29, 0.717) is 24.3 Å². The summed E-state index contributed by atoms with van der Waals surface area (Å²) in [6, 6.07) is 7.82. The summed E-state index contributed by atoms with van der Waals surface area (Å²) >= 11 is 0. The van der Waals surface area contributed by atoms with Crippen LogP contribution in [0.1, 0.15) is 27.2 Å². The van der Waals surface area contributed by atoms with Crippen molar-refractivity contribution in [1.29, 1.82) is 0 Å². The van der Waals surface area contributed by atoms with Crippen molar-refractivity contribution in [3.8, 4) is 11.5 Å². The molecule has 0 fully saturated rings. The fourth-order valence-corrected chi connectivity index (χ4v) is 2.08. The Labute approximate surface area is 122 Å². The molecule has 0 amide bonds. The third-order valence-corrected chi connectivity index (χ3v) is 3.34. The first kappa shape index (κ1) is 16.8. The van der Waals surface area contributed by atoms with Gasteiger partial charge in [-0.25, -0.2) is 0 Å². The first-order valence-corrected chi connectivity index (χ1v) is 7.25. The van der Waals surface area contributed by atoms with Crippen LogP contribution in [0.3, 0.4) is 0 Å². The average Bonchev–Trinajstić information content (AvgIpc) is 2.45. The molecule has 0 aromatic heterocycles. The monoisotopic (exact) mass is 281 g/mol. The van der Waals surface area contributed by atoms with E-state index in [-0.39, 0.29) is 6.61 Å². The summed E-state index contributed by atoms with van der Waals surface area (Å²) in [6.07, 6.45) is 0.537. The van der Waals surface area contributed by atoms with Gasteiger partial charge in [-0.2, -0.15) is 0 Å². The molecule has 1 aromatic carbocycles. The Hall–Kier alpha value is -1.26. The lowest BCUT2D eigenvalue weighted by atomic mass is 10.0. The standard InChI is InChI=1S/C16H27NO3/c1-5-16(12(2)3)17-10-13(18)11-20-15-8-6-7-14(9-15)19-4/h6-9,12-13,16-18H,5,10-11H2,1-4H3. The number of ether oxygens (including phenoxy) is 2. The number of hydrogen-bond acceptors (Lipinski definition) is 4. The quantitative estimate of drug-likeness (QED) is 0.730. The molecular weight excluding hydrogens is 254 g/mol. The van der Waals surface area contributed by atoms with Gasteiger partial charge in [-0.15, -0.1) is 0 Å². The van der Waals surface area contributed by atoms with Crippen LogP contribution in [0.25, 0.3) is 0 Å².